The Morgan fingerprint density at radius 1 is 1.11 bits per heavy atom. The van der Waals surface area contributed by atoms with Gasteiger partial charge in [-0.1, -0.05) is 60.3 Å². The molecule has 0 aliphatic heterocycles. The number of nitrogens with zero attached hydrogens (tertiary/aromatic N) is 3. The summed E-state index contributed by atoms with van der Waals surface area (Å²) in [5, 5.41) is 6.06. The van der Waals surface area contributed by atoms with E-state index < -0.39 is 0 Å². The van der Waals surface area contributed by atoms with Crippen LogP contribution in [0, 0.1) is 6.92 Å². The van der Waals surface area contributed by atoms with Gasteiger partial charge in [-0.15, -0.1) is 0 Å². The fourth-order valence-electron chi connectivity index (χ4n) is 2.73. The fraction of sp³-hybridized carbons (Fsp3) is 0.100. The molecule has 28 heavy (non-hydrogen) atoms. The molecule has 0 bridgehead atoms. The summed E-state index contributed by atoms with van der Waals surface area (Å²) in [6, 6.07) is 18.5. The van der Waals surface area contributed by atoms with Gasteiger partial charge in [-0.25, -0.2) is 14.5 Å². The van der Waals surface area contributed by atoms with Crippen molar-refractivity contribution in [3.63, 3.8) is 0 Å². The van der Waals surface area contributed by atoms with Gasteiger partial charge in [-0.05, 0) is 18.6 Å². The number of carbonyl (C=O) groups excluding carboxylic acids is 1. The van der Waals surface area contributed by atoms with E-state index in [0.29, 0.717) is 16.6 Å². The van der Waals surface area contributed by atoms with Crippen molar-refractivity contribution in [1.29, 1.82) is 0 Å². The summed E-state index contributed by atoms with van der Waals surface area (Å²) < 4.78 is 1.50. The maximum absolute atomic E-state index is 12.4. The third-order valence-corrected chi connectivity index (χ3v) is 5.05. The summed E-state index contributed by atoms with van der Waals surface area (Å²) in [6.45, 7) is 1.94. The number of hydrogen-bond acceptors (Lipinski definition) is 5. The van der Waals surface area contributed by atoms with Crippen LogP contribution in [0.15, 0.2) is 70.6 Å². The number of carbonyl (C=O) groups is 1. The van der Waals surface area contributed by atoms with Crippen LogP contribution in [0.25, 0.3) is 17.0 Å². The number of nitrogens with one attached hydrogen (secondary N) is 2. The van der Waals surface area contributed by atoms with Gasteiger partial charge in [0, 0.05) is 17.3 Å². The largest absolute Gasteiger partial charge is 0.325 e. The lowest BCUT2D eigenvalue weighted by molar-refractivity contribution is -0.113. The van der Waals surface area contributed by atoms with Crippen molar-refractivity contribution >= 4 is 29.0 Å². The summed E-state index contributed by atoms with van der Waals surface area (Å²) in [5.41, 5.74) is 2.79. The molecule has 7 nitrogen and oxygen atoms in total. The number of amides is 1. The molecule has 8 heteroatoms. The maximum atomic E-state index is 12.4. The molecule has 0 atom stereocenters. The van der Waals surface area contributed by atoms with Gasteiger partial charge < -0.3 is 5.32 Å². The molecule has 0 aliphatic rings. The van der Waals surface area contributed by atoms with E-state index in [2.05, 4.69) is 20.4 Å². The van der Waals surface area contributed by atoms with E-state index >= 15 is 0 Å². The number of hydrogen-bond donors (Lipinski definition) is 2. The topological polar surface area (TPSA) is 92.2 Å². The highest BCUT2D eigenvalue weighted by Crippen LogP contribution is 2.22. The number of aromatic nitrogens is 4. The number of para-hydroxylation sites is 1. The minimum Gasteiger partial charge on any atom is -0.325 e. The van der Waals surface area contributed by atoms with Crippen molar-refractivity contribution in [3.8, 4) is 11.4 Å². The first-order chi connectivity index (χ1) is 13.6. The molecular formula is C20H17N5O2S. The Balaban J connectivity index is 1.60. The summed E-state index contributed by atoms with van der Waals surface area (Å²) in [4.78, 5) is 33.1. The second-order valence-corrected chi connectivity index (χ2v) is 7.10. The number of thioether (sulfide) groups is 1. The van der Waals surface area contributed by atoms with Crippen LogP contribution in [0.2, 0.25) is 0 Å². The van der Waals surface area contributed by atoms with E-state index in [1.807, 2.05) is 61.5 Å². The second kappa shape index (κ2) is 7.69. The molecule has 2 aromatic heterocycles. The van der Waals surface area contributed by atoms with Crippen LogP contribution >= 0.6 is 11.8 Å². The molecule has 0 spiro atoms. The molecule has 2 aromatic carbocycles. The van der Waals surface area contributed by atoms with Gasteiger partial charge in [0.25, 0.3) is 5.56 Å². The van der Waals surface area contributed by atoms with Gasteiger partial charge in [-0.2, -0.15) is 0 Å². The van der Waals surface area contributed by atoms with E-state index in [9.17, 15) is 9.59 Å². The van der Waals surface area contributed by atoms with Crippen LogP contribution < -0.4 is 10.9 Å². The van der Waals surface area contributed by atoms with Crippen LogP contribution in [0.3, 0.4) is 0 Å². The zero-order chi connectivity index (χ0) is 19.5. The van der Waals surface area contributed by atoms with Gasteiger partial charge in [-0.3, -0.25) is 14.7 Å². The third-order valence-electron chi connectivity index (χ3n) is 4.11. The Morgan fingerprint density at radius 3 is 2.64 bits per heavy atom. The van der Waals surface area contributed by atoms with Crippen molar-refractivity contribution in [3.05, 3.63) is 76.6 Å². The fourth-order valence-corrected chi connectivity index (χ4v) is 3.48. The Morgan fingerprint density at radius 2 is 1.86 bits per heavy atom. The number of aryl methyl sites for hydroxylation is 1. The summed E-state index contributed by atoms with van der Waals surface area (Å²) in [6.07, 6.45) is 0. The molecule has 0 saturated carbocycles. The van der Waals surface area contributed by atoms with Crippen molar-refractivity contribution in [2.45, 2.75) is 12.1 Å². The Hall–Kier alpha value is -3.39. The number of H-pyrrole nitrogens is 1. The van der Waals surface area contributed by atoms with Crippen molar-refractivity contribution in [1.82, 2.24) is 19.6 Å². The molecule has 0 aliphatic carbocycles. The molecule has 2 N–H and O–H groups in total. The number of rotatable bonds is 5. The van der Waals surface area contributed by atoms with Crippen molar-refractivity contribution in [2.24, 2.45) is 0 Å². The Kier molecular flexibility index (Phi) is 4.94. The molecular weight excluding hydrogens is 374 g/mol. The van der Waals surface area contributed by atoms with E-state index in [1.54, 1.807) is 0 Å². The molecule has 140 valence electrons. The molecule has 2 heterocycles. The molecule has 1 amide bonds. The standard InChI is InChI=1S/C20H17N5O2S/c1-13-7-5-6-10-15(13)21-18(27)12-28-20-23-19(14-8-3-2-4-9-14)22-16-11-17(26)24-25(16)20/h2-11H,12H2,1H3,(H,21,27)(H,24,26). The summed E-state index contributed by atoms with van der Waals surface area (Å²) in [7, 11) is 0. The molecule has 0 unspecified atom stereocenters. The van der Waals surface area contributed by atoms with Gasteiger partial charge >= 0.3 is 0 Å². The number of anilines is 1. The highest BCUT2D eigenvalue weighted by Gasteiger charge is 2.13. The first-order valence-electron chi connectivity index (χ1n) is 8.64. The van der Waals surface area contributed by atoms with Gasteiger partial charge in [0.1, 0.15) is 0 Å². The summed E-state index contributed by atoms with van der Waals surface area (Å²) >= 11 is 1.23. The van der Waals surface area contributed by atoms with Crippen LogP contribution in [0.4, 0.5) is 5.69 Å². The lowest BCUT2D eigenvalue weighted by atomic mass is 10.2. The third kappa shape index (κ3) is 3.81. The number of fused-ring (bicyclic) bond motifs is 1. The second-order valence-electron chi connectivity index (χ2n) is 6.16. The van der Waals surface area contributed by atoms with Crippen molar-refractivity contribution < 1.29 is 4.79 Å². The van der Waals surface area contributed by atoms with E-state index in [1.165, 1.54) is 22.3 Å². The number of aromatic amines is 1. The Bertz CT molecular complexity index is 1200. The van der Waals surface area contributed by atoms with Crippen LogP contribution in [-0.2, 0) is 4.79 Å². The highest BCUT2D eigenvalue weighted by atomic mass is 32.2. The molecule has 4 aromatic rings. The zero-order valence-corrected chi connectivity index (χ0v) is 15.9. The van der Waals surface area contributed by atoms with Gasteiger partial charge in [0.05, 0.1) is 5.75 Å². The summed E-state index contributed by atoms with van der Waals surface area (Å²) in [5.74, 6) is 0.498. The molecule has 0 saturated heterocycles. The van der Waals surface area contributed by atoms with Crippen molar-refractivity contribution in [2.75, 3.05) is 11.1 Å². The number of benzene rings is 2. The van der Waals surface area contributed by atoms with E-state index in [-0.39, 0.29) is 17.2 Å². The average molecular weight is 391 g/mol. The highest BCUT2D eigenvalue weighted by molar-refractivity contribution is 7.99. The smallest absolute Gasteiger partial charge is 0.266 e. The first-order valence-corrected chi connectivity index (χ1v) is 9.62. The Labute approximate surface area is 164 Å². The monoisotopic (exact) mass is 391 g/mol. The first kappa shape index (κ1) is 18.0. The van der Waals surface area contributed by atoms with E-state index in [4.69, 9.17) is 0 Å². The SMILES string of the molecule is Cc1ccccc1NC(=O)CSc1nc(-c2ccccc2)nc2cc(=O)[nH]n12. The lowest BCUT2D eigenvalue weighted by Gasteiger charge is -2.09. The van der Waals surface area contributed by atoms with E-state index in [0.717, 1.165) is 16.8 Å². The molecule has 0 fully saturated rings. The normalized spacial score (nSPS) is 10.9. The average Bonchev–Trinajstić information content (AvgIpc) is 3.09. The lowest BCUT2D eigenvalue weighted by Crippen LogP contribution is -2.15. The van der Waals surface area contributed by atoms with Crippen LogP contribution in [0.1, 0.15) is 5.56 Å². The predicted molar refractivity (Wildman–Crippen MR) is 110 cm³/mol. The van der Waals surface area contributed by atoms with Crippen LogP contribution in [-0.4, -0.2) is 31.2 Å². The molecule has 0 radical (unpaired) electrons. The molecule has 4 rings (SSSR count). The van der Waals surface area contributed by atoms with Gasteiger partial charge in [0.15, 0.2) is 16.6 Å². The van der Waals surface area contributed by atoms with Gasteiger partial charge in [0.2, 0.25) is 5.91 Å². The zero-order valence-electron chi connectivity index (χ0n) is 15.0. The minimum atomic E-state index is -0.272. The minimum absolute atomic E-state index is 0.148. The quantitative estimate of drug-likeness (QED) is 0.510. The van der Waals surface area contributed by atoms with Crippen LogP contribution in [0.5, 0.6) is 0 Å². The predicted octanol–water partition coefficient (Wildman–Crippen LogP) is 3.12. The maximum Gasteiger partial charge on any atom is 0.266 e.